The molecule has 0 radical (unpaired) electrons. The molecule has 1 aliphatic carbocycles. The van der Waals surface area contributed by atoms with Crippen molar-refractivity contribution in [2.45, 2.75) is 18.6 Å². The van der Waals surface area contributed by atoms with E-state index in [4.69, 9.17) is 4.74 Å². The third-order valence-electron chi connectivity index (χ3n) is 4.33. The Hall–Kier alpha value is -2.04. The van der Waals surface area contributed by atoms with Gasteiger partial charge in [0.15, 0.2) is 0 Å². The van der Waals surface area contributed by atoms with E-state index in [1.54, 1.807) is 6.08 Å². The number of alkyl halides is 2. The Kier molecular flexibility index (Phi) is 5.07. The van der Waals surface area contributed by atoms with Crippen LogP contribution < -0.4 is 0 Å². The minimum atomic E-state index is -2.88. The quantitative estimate of drug-likeness (QED) is 0.826. The number of rotatable bonds is 7. The van der Waals surface area contributed by atoms with Gasteiger partial charge in [0.05, 0.1) is 31.2 Å². The van der Waals surface area contributed by atoms with Crippen molar-refractivity contribution >= 4 is 6.08 Å². The van der Waals surface area contributed by atoms with Crippen LogP contribution in [0, 0.1) is 11.8 Å². The Morgan fingerprint density at radius 2 is 1.67 bits per heavy atom. The molecule has 0 saturated heterocycles. The van der Waals surface area contributed by atoms with Crippen molar-refractivity contribution in [1.29, 1.82) is 0 Å². The van der Waals surface area contributed by atoms with Crippen molar-refractivity contribution in [1.82, 2.24) is 0 Å². The van der Waals surface area contributed by atoms with E-state index < -0.39 is 23.9 Å². The van der Waals surface area contributed by atoms with E-state index in [1.165, 1.54) is 6.08 Å². The molecule has 0 aliphatic heterocycles. The highest BCUT2D eigenvalue weighted by Crippen LogP contribution is 2.57. The fraction of sp³-hybridized carbons (Fsp3) is 0.300. The molecule has 1 saturated carbocycles. The van der Waals surface area contributed by atoms with Gasteiger partial charge in [0.2, 0.25) is 0 Å². The molecule has 1 N–H and O–H groups in total. The summed E-state index contributed by atoms with van der Waals surface area (Å²) in [4.78, 5) is 0. The van der Waals surface area contributed by atoms with Gasteiger partial charge in [-0.3, -0.25) is 0 Å². The van der Waals surface area contributed by atoms with Gasteiger partial charge in [0, 0.05) is 0 Å². The zero-order valence-corrected chi connectivity index (χ0v) is 13.2. The first-order valence-corrected chi connectivity index (χ1v) is 8.00. The minimum absolute atomic E-state index is 0.0528. The van der Waals surface area contributed by atoms with Gasteiger partial charge in [-0.2, -0.15) is 0 Å². The number of hydrogen-bond acceptors (Lipinski definition) is 2. The van der Waals surface area contributed by atoms with Crippen LogP contribution in [0.4, 0.5) is 8.78 Å². The summed E-state index contributed by atoms with van der Waals surface area (Å²) in [6.07, 6.45) is 1.93. The van der Waals surface area contributed by atoms with Gasteiger partial charge in [-0.1, -0.05) is 72.8 Å². The van der Waals surface area contributed by atoms with E-state index in [0.29, 0.717) is 6.61 Å². The monoisotopic (exact) mass is 330 g/mol. The third-order valence-corrected chi connectivity index (χ3v) is 4.33. The summed E-state index contributed by atoms with van der Waals surface area (Å²) in [6.45, 7) is 0.249. The zero-order chi connectivity index (χ0) is 17.0. The van der Waals surface area contributed by atoms with Crippen LogP contribution in [-0.4, -0.2) is 23.7 Å². The second kappa shape index (κ2) is 7.24. The lowest BCUT2D eigenvalue weighted by Gasteiger charge is -2.05. The standard InChI is InChI=1S/C20H20F2O2/c21-20(22)17(14-24-13-16-9-5-2-6-10-16)19(20)18(23)12-11-15-7-3-1-4-8-15/h1-12,17-19,23H,13-14H2/b12-11+/t17-,18?,19-/m1/s1. The van der Waals surface area contributed by atoms with Crippen LogP contribution in [0.1, 0.15) is 11.1 Å². The van der Waals surface area contributed by atoms with Gasteiger partial charge in [0.25, 0.3) is 5.92 Å². The predicted octanol–water partition coefficient (Wildman–Crippen LogP) is 4.16. The maximum absolute atomic E-state index is 13.9. The molecule has 0 aromatic heterocycles. The molecule has 1 unspecified atom stereocenters. The molecule has 3 rings (SSSR count). The molecule has 126 valence electrons. The van der Waals surface area contributed by atoms with Gasteiger partial charge in [-0.25, -0.2) is 8.78 Å². The van der Waals surface area contributed by atoms with E-state index >= 15 is 0 Å². The second-order valence-corrected chi connectivity index (χ2v) is 6.07. The van der Waals surface area contributed by atoms with E-state index in [1.807, 2.05) is 60.7 Å². The van der Waals surface area contributed by atoms with Crippen molar-refractivity contribution in [3.63, 3.8) is 0 Å². The van der Waals surface area contributed by atoms with E-state index in [-0.39, 0.29) is 6.61 Å². The van der Waals surface area contributed by atoms with Crippen LogP contribution in [0.5, 0.6) is 0 Å². The van der Waals surface area contributed by atoms with Crippen molar-refractivity contribution < 1.29 is 18.6 Å². The Bertz CT molecular complexity index is 671. The SMILES string of the molecule is OC(/C=C/c1ccccc1)[C@H]1[C@@H](COCc2ccccc2)C1(F)F. The molecule has 2 aromatic carbocycles. The Balaban J connectivity index is 1.51. The number of hydrogen-bond donors (Lipinski definition) is 1. The average molecular weight is 330 g/mol. The first-order valence-electron chi connectivity index (χ1n) is 8.00. The lowest BCUT2D eigenvalue weighted by molar-refractivity contribution is 0.0395. The van der Waals surface area contributed by atoms with Crippen LogP contribution in [0.15, 0.2) is 66.7 Å². The van der Waals surface area contributed by atoms with E-state index in [0.717, 1.165) is 11.1 Å². The number of ether oxygens (including phenoxy) is 1. The summed E-state index contributed by atoms with van der Waals surface area (Å²) in [5.74, 6) is -4.89. The number of aliphatic hydroxyl groups excluding tert-OH is 1. The average Bonchev–Trinajstić information content (AvgIpc) is 3.15. The zero-order valence-electron chi connectivity index (χ0n) is 13.2. The molecule has 0 amide bonds. The number of halogens is 2. The van der Waals surface area contributed by atoms with Crippen molar-refractivity contribution in [3.8, 4) is 0 Å². The van der Waals surface area contributed by atoms with Crippen LogP contribution in [0.25, 0.3) is 6.08 Å². The summed E-state index contributed by atoms with van der Waals surface area (Å²) in [6, 6.07) is 18.7. The maximum Gasteiger partial charge on any atom is 0.259 e. The molecular weight excluding hydrogens is 310 g/mol. The summed E-state index contributed by atoms with van der Waals surface area (Å²) < 4.78 is 33.2. The summed E-state index contributed by atoms with van der Waals surface area (Å²) in [7, 11) is 0. The highest BCUT2D eigenvalue weighted by Gasteiger charge is 2.70. The van der Waals surface area contributed by atoms with Gasteiger partial charge >= 0.3 is 0 Å². The van der Waals surface area contributed by atoms with Crippen molar-refractivity contribution in [2.75, 3.05) is 6.61 Å². The number of benzene rings is 2. The summed E-state index contributed by atoms with van der Waals surface area (Å²) >= 11 is 0. The highest BCUT2D eigenvalue weighted by atomic mass is 19.3. The first kappa shape index (κ1) is 16.8. The Morgan fingerprint density at radius 1 is 1.04 bits per heavy atom. The topological polar surface area (TPSA) is 29.5 Å². The fourth-order valence-corrected chi connectivity index (χ4v) is 2.87. The van der Waals surface area contributed by atoms with Gasteiger partial charge in [-0.15, -0.1) is 0 Å². The smallest absolute Gasteiger partial charge is 0.259 e. The molecule has 1 aliphatic rings. The largest absolute Gasteiger partial charge is 0.388 e. The molecule has 1 fully saturated rings. The molecule has 3 atom stereocenters. The molecule has 0 heterocycles. The van der Waals surface area contributed by atoms with Gasteiger partial charge < -0.3 is 9.84 Å². The Labute approximate surface area is 140 Å². The summed E-state index contributed by atoms with van der Waals surface area (Å²) in [5.41, 5.74) is 1.82. The number of aliphatic hydroxyl groups is 1. The maximum atomic E-state index is 13.9. The molecule has 4 heteroatoms. The first-order chi connectivity index (χ1) is 11.6. The fourth-order valence-electron chi connectivity index (χ4n) is 2.87. The Morgan fingerprint density at radius 3 is 2.33 bits per heavy atom. The molecule has 2 nitrogen and oxygen atoms in total. The minimum Gasteiger partial charge on any atom is -0.388 e. The van der Waals surface area contributed by atoms with Crippen LogP contribution in [0.3, 0.4) is 0 Å². The lowest BCUT2D eigenvalue weighted by atomic mass is 10.1. The molecule has 0 spiro atoms. The van der Waals surface area contributed by atoms with Gasteiger partial charge in [-0.05, 0) is 11.1 Å². The van der Waals surface area contributed by atoms with E-state index in [9.17, 15) is 13.9 Å². The second-order valence-electron chi connectivity index (χ2n) is 6.07. The predicted molar refractivity (Wildman–Crippen MR) is 89.5 cm³/mol. The molecule has 24 heavy (non-hydrogen) atoms. The van der Waals surface area contributed by atoms with Crippen LogP contribution in [0.2, 0.25) is 0 Å². The molecule has 2 aromatic rings. The highest BCUT2D eigenvalue weighted by molar-refractivity contribution is 5.49. The van der Waals surface area contributed by atoms with Crippen LogP contribution >= 0.6 is 0 Å². The summed E-state index contributed by atoms with van der Waals surface area (Å²) in [5, 5.41) is 10.1. The normalized spacial score (nSPS) is 23.3. The third kappa shape index (κ3) is 3.89. The van der Waals surface area contributed by atoms with Crippen molar-refractivity contribution in [3.05, 3.63) is 77.9 Å². The molecular formula is C20H20F2O2. The van der Waals surface area contributed by atoms with E-state index in [2.05, 4.69) is 0 Å². The van der Waals surface area contributed by atoms with Gasteiger partial charge in [0.1, 0.15) is 0 Å². The van der Waals surface area contributed by atoms with Crippen LogP contribution in [-0.2, 0) is 11.3 Å². The lowest BCUT2D eigenvalue weighted by Crippen LogP contribution is -2.11. The van der Waals surface area contributed by atoms with Crippen molar-refractivity contribution in [2.24, 2.45) is 11.8 Å². The molecule has 0 bridgehead atoms.